The van der Waals surface area contributed by atoms with Crippen LogP contribution in [0, 0.1) is 6.92 Å². The van der Waals surface area contributed by atoms with E-state index in [1.54, 1.807) is 25.1 Å². The van der Waals surface area contributed by atoms with E-state index in [0.29, 0.717) is 6.29 Å². The summed E-state index contributed by atoms with van der Waals surface area (Å²) in [5, 5.41) is 9.28. The molecule has 12 heavy (non-hydrogen) atoms. The van der Waals surface area contributed by atoms with Crippen molar-refractivity contribution in [3.05, 3.63) is 35.4 Å². The molecule has 1 N–H and O–H groups in total. The Kier molecular flexibility index (Phi) is 2.64. The quantitative estimate of drug-likeness (QED) is 0.532. The SMILES string of the molecule is Cc1c(O)cccc1C=CC=O. The average molecular weight is 162 g/mol. The minimum Gasteiger partial charge on any atom is -0.508 e. The predicted octanol–water partition coefficient (Wildman–Crippen LogP) is 1.91. The number of carbonyl (C=O) groups excluding carboxylic acids is 1. The van der Waals surface area contributed by atoms with Gasteiger partial charge >= 0.3 is 0 Å². The molecular weight excluding hydrogens is 152 g/mol. The Labute approximate surface area is 71.2 Å². The lowest BCUT2D eigenvalue weighted by Crippen LogP contribution is -1.80. The molecule has 0 aromatic heterocycles. The number of phenolic OH excluding ortho intramolecular Hbond substituents is 1. The van der Waals surface area contributed by atoms with Crippen LogP contribution in [0.4, 0.5) is 0 Å². The van der Waals surface area contributed by atoms with Crippen molar-refractivity contribution in [3.63, 3.8) is 0 Å². The maximum atomic E-state index is 10.0. The molecule has 62 valence electrons. The lowest BCUT2D eigenvalue weighted by molar-refractivity contribution is -0.104. The molecule has 0 aliphatic rings. The fourth-order valence-corrected chi connectivity index (χ4v) is 0.964. The fourth-order valence-electron chi connectivity index (χ4n) is 0.964. The lowest BCUT2D eigenvalue weighted by Gasteiger charge is -2.01. The predicted molar refractivity (Wildman–Crippen MR) is 47.9 cm³/mol. The Morgan fingerprint density at radius 2 is 2.17 bits per heavy atom. The van der Waals surface area contributed by atoms with Gasteiger partial charge in [0.05, 0.1) is 0 Å². The normalized spacial score (nSPS) is 10.4. The van der Waals surface area contributed by atoms with Crippen molar-refractivity contribution in [1.29, 1.82) is 0 Å². The lowest BCUT2D eigenvalue weighted by atomic mass is 10.1. The molecule has 0 saturated heterocycles. The summed E-state index contributed by atoms with van der Waals surface area (Å²) in [5.74, 6) is 0.253. The van der Waals surface area contributed by atoms with Gasteiger partial charge in [0.2, 0.25) is 0 Å². The molecule has 2 heteroatoms. The van der Waals surface area contributed by atoms with Gasteiger partial charge < -0.3 is 5.11 Å². The Morgan fingerprint density at radius 3 is 2.83 bits per heavy atom. The largest absolute Gasteiger partial charge is 0.508 e. The highest BCUT2D eigenvalue weighted by Gasteiger charge is 1.97. The molecule has 0 heterocycles. The van der Waals surface area contributed by atoms with Crippen LogP contribution in [0.3, 0.4) is 0 Å². The number of benzene rings is 1. The molecule has 0 radical (unpaired) electrons. The summed E-state index contributed by atoms with van der Waals surface area (Å²) in [5.41, 5.74) is 1.65. The van der Waals surface area contributed by atoms with Gasteiger partial charge in [-0.25, -0.2) is 0 Å². The third kappa shape index (κ3) is 1.72. The molecular formula is C10H10O2. The summed E-state index contributed by atoms with van der Waals surface area (Å²) in [6, 6.07) is 5.20. The number of aromatic hydroxyl groups is 1. The van der Waals surface area contributed by atoms with Crippen LogP contribution in [0.1, 0.15) is 11.1 Å². The molecule has 0 fully saturated rings. The van der Waals surface area contributed by atoms with Crippen molar-refractivity contribution in [3.8, 4) is 5.75 Å². The maximum Gasteiger partial charge on any atom is 0.142 e. The standard InChI is InChI=1S/C10H10O2/c1-8-9(5-3-7-11)4-2-6-10(8)12/h2-7,12H,1H3. The Bertz CT molecular complexity index is 314. The third-order valence-electron chi connectivity index (χ3n) is 1.70. The monoisotopic (exact) mass is 162 g/mol. The molecule has 0 atom stereocenters. The van der Waals surface area contributed by atoms with Crippen molar-refractivity contribution in [2.24, 2.45) is 0 Å². The molecule has 2 nitrogen and oxygen atoms in total. The van der Waals surface area contributed by atoms with Gasteiger partial charge in [-0.05, 0) is 30.2 Å². The third-order valence-corrected chi connectivity index (χ3v) is 1.70. The van der Waals surface area contributed by atoms with E-state index < -0.39 is 0 Å². The second-order valence-corrected chi connectivity index (χ2v) is 2.49. The Balaban J connectivity index is 3.07. The van der Waals surface area contributed by atoms with Gasteiger partial charge in [0.25, 0.3) is 0 Å². The molecule has 1 aromatic carbocycles. The second-order valence-electron chi connectivity index (χ2n) is 2.49. The molecule has 0 aliphatic carbocycles. The van der Waals surface area contributed by atoms with Crippen molar-refractivity contribution in [2.45, 2.75) is 6.92 Å². The van der Waals surface area contributed by atoms with Gasteiger partial charge in [-0.1, -0.05) is 18.2 Å². The molecule has 0 unspecified atom stereocenters. The highest BCUT2D eigenvalue weighted by Crippen LogP contribution is 2.20. The number of allylic oxidation sites excluding steroid dienone is 1. The number of aldehydes is 1. The highest BCUT2D eigenvalue weighted by molar-refractivity contribution is 5.75. The van der Waals surface area contributed by atoms with Crippen molar-refractivity contribution in [2.75, 3.05) is 0 Å². The number of rotatable bonds is 2. The highest BCUT2D eigenvalue weighted by atomic mass is 16.3. The number of hydrogen-bond donors (Lipinski definition) is 1. The average Bonchev–Trinajstić information content (AvgIpc) is 2.08. The van der Waals surface area contributed by atoms with E-state index in [0.717, 1.165) is 11.1 Å². The first-order chi connectivity index (χ1) is 5.75. The van der Waals surface area contributed by atoms with E-state index >= 15 is 0 Å². The van der Waals surface area contributed by atoms with Crippen LogP contribution in [-0.4, -0.2) is 11.4 Å². The zero-order valence-electron chi connectivity index (χ0n) is 6.82. The van der Waals surface area contributed by atoms with Crippen LogP contribution in [0.25, 0.3) is 6.08 Å². The summed E-state index contributed by atoms with van der Waals surface area (Å²) in [6.45, 7) is 1.81. The smallest absolute Gasteiger partial charge is 0.142 e. The fraction of sp³-hybridized carbons (Fsp3) is 0.100. The van der Waals surface area contributed by atoms with Crippen LogP contribution in [0.5, 0.6) is 5.75 Å². The van der Waals surface area contributed by atoms with Crippen LogP contribution in [0.2, 0.25) is 0 Å². The maximum absolute atomic E-state index is 10.0. The van der Waals surface area contributed by atoms with Crippen molar-refractivity contribution < 1.29 is 9.90 Å². The van der Waals surface area contributed by atoms with E-state index in [9.17, 15) is 9.90 Å². The van der Waals surface area contributed by atoms with Crippen molar-refractivity contribution >= 4 is 12.4 Å². The molecule has 1 aromatic rings. The molecule has 1 rings (SSSR count). The van der Waals surface area contributed by atoms with Gasteiger partial charge in [0.15, 0.2) is 0 Å². The number of phenols is 1. The summed E-state index contributed by atoms with van der Waals surface area (Å²) in [6.07, 6.45) is 3.79. The second kappa shape index (κ2) is 3.72. The van der Waals surface area contributed by atoms with E-state index in [1.165, 1.54) is 6.08 Å². The number of carbonyl (C=O) groups is 1. The van der Waals surface area contributed by atoms with E-state index in [2.05, 4.69) is 0 Å². The van der Waals surface area contributed by atoms with Crippen LogP contribution in [0.15, 0.2) is 24.3 Å². The van der Waals surface area contributed by atoms with Gasteiger partial charge in [-0.15, -0.1) is 0 Å². The van der Waals surface area contributed by atoms with Crippen LogP contribution >= 0.6 is 0 Å². The van der Waals surface area contributed by atoms with Crippen LogP contribution in [-0.2, 0) is 4.79 Å². The minimum absolute atomic E-state index is 0.253. The zero-order chi connectivity index (χ0) is 8.97. The van der Waals surface area contributed by atoms with Crippen molar-refractivity contribution in [1.82, 2.24) is 0 Å². The first-order valence-corrected chi connectivity index (χ1v) is 3.66. The molecule has 0 bridgehead atoms. The summed E-state index contributed by atoms with van der Waals surface area (Å²) < 4.78 is 0. The number of hydrogen-bond acceptors (Lipinski definition) is 2. The van der Waals surface area contributed by atoms with Gasteiger partial charge in [-0.2, -0.15) is 0 Å². The van der Waals surface area contributed by atoms with Gasteiger partial charge in [0, 0.05) is 0 Å². The molecule has 0 spiro atoms. The zero-order valence-corrected chi connectivity index (χ0v) is 6.82. The van der Waals surface area contributed by atoms with Gasteiger partial charge in [-0.3, -0.25) is 4.79 Å². The first kappa shape index (κ1) is 8.53. The summed E-state index contributed by atoms with van der Waals surface area (Å²) >= 11 is 0. The Hall–Kier alpha value is -1.57. The van der Waals surface area contributed by atoms with Crippen LogP contribution < -0.4 is 0 Å². The van der Waals surface area contributed by atoms with Gasteiger partial charge in [0.1, 0.15) is 12.0 Å². The van der Waals surface area contributed by atoms with E-state index in [-0.39, 0.29) is 5.75 Å². The molecule has 0 saturated carbocycles. The van der Waals surface area contributed by atoms with E-state index in [1.807, 2.05) is 6.07 Å². The molecule has 0 amide bonds. The first-order valence-electron chi connectivity index (χ1n) is 3.66. The minimum atomic E-state index is 0.253. The topological polar surface area (TPSA) is 37.3 Å². The summed E-state index contributed by atoms with van der Waals surface area (Å²) in [4.78, 5) is 10.0. The Morgan fingerprint density at radius 1 is 1.42 bits per heavy atom. The summed E-state index contributed by atoms with van der Waals surface area (Å²) in [7, 11) is 0. The molecule has 0 aliphatic heterocycles. The van der Waals surface area contributed by atoms with E-state index in [4.69, 9.17) is 0 Å².